The Bertz CT molecular complexity index is 591. The molecule has 104 valence electrons. The third kappa shape index (κ3) is 3.14. The van der Waals surface area contributed by atoms with E-state index in [2.05, 4.69) is 20.2 Å². The van der Waals surface area contributed by atoms with Gasteiger partial charge in [-0.25, -0.2) is 9.37 Å². The van der Waals surface area contributed by atoms with E-state index < -0.39 is 0 Å². The van der Waals surface area contributed by atoms with Crippen LogP contribution < -0.4 is 5.32 Å². The first kappa shape index (κ1) is 13.1. The second kappa shape index (κ2) is 6.00. The molecule has 0 unspecified atom stereocenters. The minimum atomic E-state index is -0.259. The fraction of sp³-hybridized carbons (Fsp3) is 0.286. The molecule has 3 rings (SSSR count). The van der Waals surface area contributed by atoms with Crippen molar-refractivity contribution in [3.63, 3.8) is 0 Å². The highest BCUT2D eigenvalue weighted by Crippen LogP contribution is 2.19. The van der Waals surface area contributed by atoms with Gasteiger partial charge in [-0.1, -0.05) is 6.07 Å². The van der Waals surface area contributed by atoms with Crippen LogP contribution in [0.15, 0.2) is 40.8 Å². The first-order chi connectivity index (χ1) is 9.81. The summed E-state index contributed by atoms with van der Waals surface area (Å²) in [5.74, 6) is 0.480. The van der Waals surface area contributed by atoms with Crippen molar-refractivity contribution in [1.82, 2.24) is 9.88 Å². The van der Waals surface area contributed by atoms with Crippen molar-refractivity contribution in [3.8, 4) is 0 Å². The highest BCUT2D eigenvalue weighted by molar-refractivity contribution is 7.13. The third-order valence-corrected chi connectivity index (χ3v) is 3.77. The molecule has 2 aromatic rings. The zero-order valence-corrected chi connectivity index (χ0v) is 11.7. The number of nitrogens with one attached hydrogen (secondary N) is 1. The van der Waals surface area contributed by atoms with Crippen LogP contribution in [0.3, 0.4) is 0 Å². The fourth-order valence-corrected chi connectivity index (χ4v) is 2.67. The molecule has 20 heavy (non-hydrogen) atoms. The zero-order valence-electron chi connectivity index (χ0n) is 10.9. The second-order valence-corrected chi connectivity index (χ2v) is 5.45. The number of thiazole rings is 1. The fourth-order valence-electron chi connectivity index (χ4n) is 2.16. The van der Waals surface area contributed by atoms with Crippen molar-refractivity contribution in [3.05, 3.63) is 41.7 Å². The number of halogens is 1. The van der Waals surface area contributed by atoms with Gasteiger partial charge < -0.3 is 10.2 Å². The molecule has 0 atom stereocenters. The number of aliphatic imine (C=N–C) groups is 1. The average Bonchev–Trinajstić information content (AvgIpc) is 3.11. The molecule has 0 amide bonds. The van der Waals surface area contributed by atoms with Gasteiger partial charge >= 0.3 is 0 Å². The Morgan fingerprint density at radius 1 is 1.35 bits per heavy atom. The summed E-state index contributed by atoms with van der Waals surface area (Å²) < 4.78 is 13.3. The molecule has 0 aliphatic carbocycles. The molecule has 1 N–H and O–H groups in total. The summed E-state index contributed by atoms with van der Waals surface area (Å²) >= 11 is 1.48. The lowest BCUT2D eigenvalue weighted by molar-refractivity contribution is 0.518. The Kier molecular flexibility index (Phi) is 3.92. The molecular weight excluding hydrogens is 275 g/mol. The quantitative estimate of drug-likeness (QED) is 0.680. The van der Waals surface area contributed by atoms with E-state index in [0.29, 0.717) is 10.8 Å². The van der Waals surface area contributed by atoms with Crippen LogP contribution in [0.4, 0.5) is 15.2 Å². The van der Waals surface area contributed by atoms with Crippen molar-refractivity contribution in [2.45, 2.75) is 12.8 Å². The van der Waals surface area contributed by atoms with Gasteiger partial charge in [0.25, 0.3) is 0 Å². The van der Waals surface area contributed by atoms with Gasteiger partial charge in [0.1, 0.15) is 5.82 Å². The number of nitrogens with zero attached hydrogens (tertiary/aromatic N) is 3. The van der Waals surface area contributed by atoms with Gasteiger partial charge in [-0.15, -0.1) is 11.3 Å². The molecule has 1 aliphatic heterocycles. The van der Waals surface area contributed by atoms with Crippen LogP contribution in [0.5, 0.6) is 0 Å². The number of hydrogen-bond acceptors (Lipinski definition) is 3. The number of benzene rings is 1. The summed E-state index contributed by atoms with van der Waals surface area (Å²) in [5, 5.41) is 5.80. The molecule has 1 saturated heterocycles. The monoisotopic (exact) mass is 290 g/mol. The lowest BCUT2D eigenvalue weighted by Gasteiger charge is -2.20. The SMILES string of the molecule is Fc1cccc(NC(=Nc2nccs2)N2CCCC2)c1. The Hall–Kier alpha value is -1.95. The normalized spacial score (nSPS) is 15.7. The number of aromatic nitrogens is 1. The standard InChI is InChI=1S/C14H15FN4S/c15-11-4-3-5-12(10-11)17-13(19-7-1-2-8-19)18-14-16-6-9-20-14/h3-6,9-10H,1-2,7-8H2,(H,16,17,18). The van der Waals surface area contributed by atoms with Crippen molar-refractivity contribution >= 4 is 28.1 Å². The molecule has 1 aromatic carbocycles. The van der Waals surface area contributed by atoms with Crippen molar-refractivity contribution in [1.29, 1.82) is 0 Å². The highest BCUT2D eigenvalue weighted by Gasteiger charge is 2.17. The maximum absolute atomic E-state index is 13.3. The second-order valence-electron chi connectivity index (χ2n) is 4.58. The molecule has 0 spiro atoms. The lowest BCUT2D eigenvalue weighted by atomic mass is 10.3. The summed E-state index contributed by atoms with van der Waals surface area (Å²) in [6.45, 7) is 1.93. The molecule has 6 heteroatoms. The van der Waals surface area contributed by atoms with Gasteiger partial charge in [0.2, 0.25) is 11.1 Å². The molecule has 1 fully saturated rings. The van der Waals surface area contributed by atoms with Crippen LogP contribution in [-0.4, -0.2) is 28.9 Å². The number of hydrogen-bond donors (Lipinski definition) is 1. The number of likely N-dealkylation sites (tertiary alicyclic amines) is 1. The average molecular weight is 290 g/mol. The largest absolute Gasteiger partial charge is 0.342 e. The van der Waals surface area contributed by atoms with Crippen molar-refractivity contribution < 1.29 is 4.39 Å². The number of rotatable bonds is 2. The van der Waals surface area contributed by atoms with Crippen LogP contribution >= 0.6 is 11.3 Å². The molecule has 4 nitrogen and oxygen atoms in total. The summed E-state index contributed by atoms with van der Waals surface area (Å²) in [6, 6.07) is 6.41. The molecule has 1 aromatic heterocycles. The Labute approximate surface area is 121 Å². The van der Waals surface area contributed by atoms with Crippen molar-refractivity contribution in [2.24, 2.45) is 4.99 Å². The summed E-state index contributed by atoms with van der Waals surface area (Å²) in [4.78, 5) is 10.9. The number of anilines is 1. The first-order valence-electron chi connectivity index (χ1n) is 6.57. The van der Waals surface area contributed by atoms with Gasteiger partial charge in [0.05, 0.1) is 0 Å². The van der Waals surface area contributed by atoms with Crippen LogP contribution in [-0.2, 0) is 0 Å². The highest BCUT2D eigenvalue weighted by atomic mass is 32.1. The van der Waals surface area contributed by atoms with E-state index in [-0.39, 0.29) is 5.82 Å². The van der Waals surface area contributed by atoms with Gasteiger partial charge in [0, 0.05) is 30.4 Å². The Morgan fingerprint density at radius 3 is 2.90 bits per heavy atom. The molecule has 0 saturated carbocycles. The Morgan fingerprint density at radius 2 is 2.20 bits per heavy atom. The smallest absolute Gasteiger partial charge is 0.212 e. The first-order valence-corrected chi connectivity index (χ1v) is 7.45. The minimum absolute atomic E-state index is 0.259. The van der Waals surface area contributed by atoms with E-state index >= 15 is 0 Å². The van der Waals surface area contributed by atoms with E-state index in [0.717, 1.165) is 31.9 Å². The van der Waals surface area contributed by atoms with Gasteiger partial charge in [-0.05, 0) is 31.0 Å². The summed E-state index contributed by atoms with van der Waals surface area (Å²) in [5.41, 5.74) is 0.701. The van der Waals surface area contributed by atoms with E-state index in [1.807, 2.05) is 11.4 Å². The lowest BCUT2D eigenvalue weighted by Crippen LogP contribution is -2.33. The van der Waals surface area contributed by atoms with E-state index in [1.165, 1.54) is 23.5 Å². The maximum atomic E-state index is 13.3. The van der Waals surface area contributed by atoms with Gasteiger partial charge in [-0.2, -0.15) is 4.99 Å². The maximum Gasteiger partial charge on any atom is 0.212 e. The van der Waals surface area contributed by atoms with Crippen molar-refractivity contribution in [2.75, 3.05) is 18.4 Å². The molecule has 0 bridgehead atoms. The summed E-state index contributed by atoms with van der Waals surface area (Å²) in [6.07, 6.45) is 4.04. The Balaban J connectivity index is 1.85. The number of guanidine groups is 1. The van der Waals surface area contributed by atoms with Gasteiger partial charge in [0.15, 0.2) is 0 Å². The zero-order chi connectivity index (χ0) is 13.8. The van der Waals surface area contributed by atoms with Crippen LogP contribution in [0, 0.1) is 5.82 Å². The molecule has 1 aliphatic rings. The van der Waals surface area contributed by atoms with E-state index in [9.17, 15) is 4.39 Å². The van der Waals surface area contributed by atoms with Gasteiger partial charge in [-0.3, -0.25) is 0 Å². The van der Waals surface area contributed by atoms with Crippen LogP contribution in [0.1, 0.15) is 12.8 Å². The molecular formula is C14H15FN4S. The topological polar surface area (TPSA) is 40.5 Å². The third-order valence-electron chi connectivity index (χ3n) is 3.11. The molecule has 0 radical (unpaired) electrons. The predicted molar refractivity (Wildman–Crippen MR) is 80.0 cm³/mol. The van der Waals surface area contributed by atoms with Crippen LogP contribution in [0.25, 0.3) is 0 Å². The van der Waals surface area contributed by atoms with Crippen LogP contribution in [0.2, 0.25) is 0 Å². The predicted octanol–water partition coefficient (Wildman–Crippen LogP) is 3.48. The minimum Gasteiger partial charge on any atom is -0.342 e. The molecule has 2 heterocycles. The summed E-state index contributed by atoms with van der Waals surface area (Å²) in [7, 11) is 0. The van der Waals surface area contributed by atoms with E-state index in [4.69, 9.17) is 0 Å². The van der Waals surface area contributed by atoms with E-state index in [1.54, 1.807) is 12.3 Å².